The molecule has 0 spiro atoms. The minimum Gasteiger partial charge on any atom is -0.351 e. The zero-order valence-corrected chi connectivity index (χ0v) is 8.36. The molecule has 0 atom stereocenters. The average Bonchev–Trinajstić information content (AvgIpc) is 2.63. The zero-order chi connectivity index (χ0) is 10.4. The molecule has 0 aliphatic carbocycles. The summed E-state index contributed by atoms with van der Waals surface area (Å²) in [4.78, 5) is 15.4. The monoisotopic (exact) mass is 196 g/mol. The van der Waals surface area contributed by atoms with E-state index >= 15 is 0 Å². The van der Waals surface area contributed by atoms with E-state index in [2.05, 4.69) is 10.3 Å². The van der Waals surface area contributed by atoms with Gasteiger partial charge in [-0.2, -0.15) is 0 Å². The van der Waals surface area contributed by atoms with Crippen molar-refractivity contribution in [3.05, 3.63) is 18.2 Å². The first-order chi connectivity index (χ1) is 6.77. The van der Waals surface area contributed by atoms with E-state index in [4.69, 9.17) is 5.73 Å². The number of hydrogen-bond acceptors (Lipinski definition) is 3. The molecule has 0 unspecified atom stereocenters. The Labute approximate surface area is 83.3 Å². The molecule has 0 saturated heterocycles. The molecule has 1 rings (SSSR count). The molecule has 0 saturated carbocycles. The lowest BCUT2D eigenvalue weighted by Crippen LogP contribution is -2.24. The van der Waals surface area contributed by atoms with Crippen LogP contribution in [-0.2, 0) is 6.54 Å². The fourth-order valence-electron chi connectivity index (χ4n) is 1.08. The third-order valence-corrected chi connectivity index (χ3v) is 1.79. The fraction of sp³-hybridized carbons (Fsp3) is 0.556. The van der Waals surface area contributed by atoms with Crippen LogP contribution in [0, 0.1) is 0 Å². The van der Waals surface area contributed by atoms with Crippen LogP contribution in [0.4, 0.5) is 0 Å². The summed E-state index contributed by atoms with van der Waals surface area (Å²) in [5.41, 5.74) is 5.83. The highest BCUT2D eigenvalue weighted by molar-refractivity contribution is 5.91. The van der Waals surface area contributed by atoms with E-state index in [9.17, 15) is 4.79 Å². The highest BCUT2D eigenvalue weighted by Crippen LogP contribution is 1.95. The van der Waals surface area contributed by atoms with Gasteiger partial charge in [-0.05, 0) is 6.42 Å². The van der Waals surface area contributed by atoms with Gasteiger partial charge in [0.25, 0.3) is 5.91 Å². The summed E-state index contributed by atoms with van der Waals surface area (Å²) < 4.78 is 1.81. The molecule has 0 aromatic carbocycles. The van der Waals surface area contributed by atoms with E-state index in [0.717, 1.165) is 6.42 Å². The Balaban J connectivity index is 2.53. The molecule has 0 aliphatic rings. The number of carbonyl (C=O) groups excluding carboxylic acids is 1. The molecule has 0 fully saturated rings. The van der Waals surface area contributed by atoms with E-state index in [1.54, 1.807) is 17.1 Å². The van der Waals surface area contributed by atoms with Crippen molar-refractivity contribution < 1.29 is 4.79 Å². The lowest BCUT2D eigenvalue weighted by molar-refractivity contribution is 0.0949. The first kappa shape index (κ1) is 10.7. The molecule has 78 valence electrons. The molecular formula is C9H16N4O. The molecule has 1 aromatic rings. The van der Waals surface area contributed by atoms with Gasteiger partial charge in [-0.25, -0.2) is 4.98 Å². The molecule has 1 amide bonds. The molecule has 14 heavy (non-hydrogen) atoms. The number of aromatic nitrogens is 2. The van der Waals surface area contributed by atoms with Gasteiger partial charge in [-0.3, -0.25) is 4.79 Å². The van der Waals surface area contributed by atoms with Gasteiger partial charge in [0.15, 0.2) is 0 Å². The zero-order valence-electron chi connectivity index (χ0n) is 8.36. The molecule has 5 heteroatoms. The van der Waals surface area contributed by atoms with Crippen LogP contribution in [0.25, 0.3) is 0 Å². The Morgan fingerprint density at radius 3 is 3.14 bits per heavy atom. The van der Waals surface area contributed by atoms with Gasteiger partial charge in [-0.1, -0.05) is 6.92 Å². The Hall–Kier alpha value is -1.36. The number of imidazole rings is 1. The van der Waals surface area contributed by atoms with Crippen molar-refractivity contribution in [1.82, 2.24) is 14.9 Å². The van der Waals surface area contributed by atoms with Crippen molar-refractivity contribution >= 4 is 5.91 Å². The number of nitrogens with zero attached hydrogens (tertiary/aromatic N) is 2. The molecule has 3 N–H and O–H groups in total. The Morgan fingerprint density at radius 2 is 2.50 bits per heavy atom. The standard InChI is InChI=1S/C9H16N4O/c1-2-4-11-9(14)8-6-13(5-3-10)7-12-8/h6-7H,2-5,10H2,1H3,(H,11,14). The number of hydrogen-bond donors (Lipinski definition) is 2. The van der Waals surface area contributed by atoms with Crippen molar-refractivity contribution in [3.63, 3.8) is 0 Å². The van der Waals surface area contributed by atoms with Gasteiger partial charge >= 0.3 is 0 Å². The van der Waals surface area contributed by atoms with Gasteiger partial charge in [0.05, 0.1) is 6.33 Å². The Bertz CT molecular complexity index is 295. The summed E-state index contributed by atoms with van der Waals surface area (Å²) >= 11 is 0. The normalized spacial score (nSPS) is 10.1. The van der Waals surface area contributed by atoms with Crippen molar-refractivity contribution in [2.24, 2.45) is 5.73 Å². The van der Waals surface area contributed by atoms with Crippen LogP contribution in [0.5, 0.6) is 0 Å². The smallest absolute Gasteiger partial charge is 0.271 e. The molecule has 5 nitrogen and oxygen atoms in total. The van der Waals surface area contributed by atoms with Crippen molar-refractivity contribution in [1.29, 1.82) is 0 Å². The van der Waals surface area contributed by atoms with Gasteiger partial charge in [0.2, 0.25) is 0 Å². The summed E-state index contributed by atoms with van der Waals surface area (Å²) in [5.74, 6) is -0.123. The maximum absolute atomic E-state index is 11.4. The summed E-state index contributed by atoms with van der Waals surface area (Å²) in [6.45, 7) is 3.93. The summed E-state index contributed by atoms with van der Waals surface area (Å²) in [7, 11) is 0. The minimum absolute atomic E-state index is 0.123. The number of amides is 1. The number of nitrogens with two attached hydrogens (primary N) is 1. The minimum atomic E-state index is -0.123. The number of nitrogens with one attached hydrogen (secondary N) is 1. The maximum Gasteiger partial charge on any atom is 0.271 e. The topological polar surface area (TPSA) is 72.9 Å². The molecule has 0 bridgehead atoms. The molecule has 0 radical (unpaired) electrons. The molecule has 1 heterocycles. The largest absolute Gasteiger partial charge is 0.351 e. The average molecular weight is 196 g/mol. The SMILES string of the molecule is CCCNC(=O)c1cn(CCN)cn1. The molecular weight excluding hydrogens is 180 g/mol. The predicted molar refractivity (Wildman–Crippen MR) is 53.9 cm³/mol. The van der Waals surface area contributed by atoms with E-state index in [1.165, 1.54) is 0 Å². The van der Waals surface area contributed by atoms with Crippen molar-refractivity contribution in [2.75, 3.05) is 13.1 Å². The van der Waals surface area contributed by atoms with Crippen LogP contribution in [0.3, 0.4) is 0 Å². The highest BCUT2D eigenvalue weighted by Gasteiger charge is 2.07. The molecule has 1 aromatic heterocycles. The van der Waals surface area contributed by atoms with Crippen molar-refractivity contribution in [2.45, 2.75) is 19.9 Å². The van der Waals surface area contributed by atoms with Crippen LogP contribution >= 0.6 is 0 Å². The van der Waals surface area contributed by atoms with Gasteiger partial charge in [-0.15, -0.1) is 0 Å². The second-order valence-electron chi connectivity index (χ2n) is 3.04. The highest BCUT2D eigenvalue weighted by atomic mass is 16.1. The van der Waals surface area contributed by atoms with Crippen LogP contribution < -0.4 is 11.1 Å². The molecule has 0 aliphatic heterocycles. The first-order valence-corrected chi connectivity index (χ1v) is 4.78. The predicted octanol–water partition coefficient (Wildman–Crippen LogP) is -0.0184. The van der Waals surface area contributed by atoms with Gasteiger partial charge < -0.3 is 15.6 Å². The number of rotatable bonds is 5. The third kappa shape index (κ3) is 2.85. The Kier molecular flexibility index (Phi) is 4.12. The van der Waals surface area contributed by atoms with Crippen LogP contribution in [-0.4, -0.2) is 28.5 Å². The van der Waals surface area contributed by atoms with Gasteiger partial charge in [0.1, 0.15) is 5.69 Å². The van der Waals surface area contributed by atoms with Crippen molar-refractivity contribution in [3.8, 4) is 0 Å². The van der Waals surface area contributed by atoms with Crippen LogP contribution in [0.2, 0.25) is 0 Å². The van der Waals surface area contributed by atoms with Gasteiger partial charge in [0, 0.05) is 25.8 Å². The Morgan fingerprint density at radius 1 is 1.71 bits per heavy atom. The maximum atomic E-state index is 11.4. The van der Waals surface area contributed by atoms with E-state index < -0.39 is 0 Å². The fourth-order valence-corrected chi connectivity index (χ4v) is 1.08. The van der Waals surface area contributed by atoms with E-state index in [-0.39, 0.29) is 5.91 Å². The summed E-state index contributed by atoms with van der Waals surface area (Å²) in [6.07, 6.45) is 4.25. The van der Waals surface area contributed by atoms with E-state index in [1.807, 2.05) is 6.92 Å². The second kappa shape index (κ2) is 5.39. The lowest BCUT2D eigenvalue weighted by Gasteiger charge is -1.99. The number of carbonyl (C=O) groups is 1. The lowest BCUT2D eigenvalue weighted by atomic mass is 10.4. The summed E-state index contributed by atoms with van der Waals surface area (Å²) in [6, 6.07) is 0. The quantitative estimate of drug-likeness (QED) is 0.695. The van der Waals surface area contributed by atoms with E-state index in [0.29, 0.717) is 25.3 Å². The van der Waals surface area contributed by atoms with Crippen LogP contribution in [0.15, 0.2) is 12.5 Å². The summed E-state index contributed by atoms with van der Waals surface area (Å²) in [5, 5.41) is 2.76. The third-order valence-electron chi connectivity index (χ3n) is 1.79. The second-order valence-corrected chi connectivity index (χ2v) is 3.04. The van der Waals surface area contributed by atoms with Crippen LogP contribution in [0.1, 0.15) is 23.8 Å². The first-order valence-electron chi connectivity index (χ1n) is 4.78.